The van der Waals surface area contributed by atoms with Gasteiger partial charge in [-0.25, -0.2) is 0 Å². The Balaban J connectivity index is 2.00. The van der Waals surface area contributed by atoms with Crippen molar-refractivity contribution in [1.82, 2.24) is 10.1 Å². The Kier molecular flexibility index (Phi) is 3.42. The van der Waals surface area contributed by atoms with Gasteiger partial charge in [-0.05, 0) is 26.0 Å². The van der Waals surface area contributed by atoms with E-state index in [0.29, 0.717) is 17.3 Å². The van der Waals surface area contributed by atoms with Gasteiger partial charge in [0.2, 0.25) is 5.82 Å². The van der Waals surface area contributed by atoms with Crippen molar-refractivity contribution in [3.63, 3.8) is 0 Å². The van der Waals surface area contributed by atoms with E-state index in [1.165, 1.54) is 12.1 Å². The highest BCUT2D eigenvalue weighted by atomic mass is 16.6. The van der Waals surface area contributed by atoms with Crippen LogP contribution in [0.3, 0.4) is 0 Å². The summed E-state index contributed by atoms with van der Waals surface area (Å²) in [6, 6.07) is 12.1. The van der Waals surface area contributed by atoms with Crippen LogP contribution in [-0.4, -0.2) is 15.1 Å². The molecule has 0 N–H and O–H groups in total. The molecule has 0 spiro atoms. The number of nitro groups is 1. The standard InChI is InChI=1S/C16H13N3O3/c1-10-6-11(2)8-13(7-10)16-17-15(18-22-16)12-4-3-5-14(9-12)19(20)21/h3-9H,1-2H3. The first kappa shape index (κ1) is 13.9. The molecular weight excluding hydrogens is 282 g/mol. The van der Waals surface area contributed by atoms with Gasteiger partial charge in [-0.15, -0.1) is 0 Å². The van der Waals surface area contributed by atoms with Crippen LogP contribution in [0.5, 0.6) is 0 Å². The summed E-state index contributed by atoms with van der Waals surface area (Å²) >= 11 is 0. The third kappa shape index (κ3) is 2.71. The normalized spacial score (nSPS) is 10.6. The first-order chi connectivity index (χ1) is 10.5. The lowest BCUT2D eigenvalue weighted by molar-refractivity contribution is -0.384. The number of aromatic nitrogens is 2. The smallest absolute Gasteiger partial charge is 0.270 e. The topological polar surface area (TPSA) is 82.1 Å². The number of hydrogen-bond donors (Lipinski definition) is 0. The molecule has 22 heavy (non-hydrogen) atoms. The van der Waals surface area contributed by atoms with E-state index >= 15 is 0 Å². The minimum atomic E-state index is -0.450. The number of non-ortho nitro benzene ring substituents is 1. The third-order valence-corrected chi connectivity index (χ3v) is 3.21. The fourth-order valence-electron chi connectivity index (χ4n) is 2.31. The zero-order valence-electron chi connectivity index (χ0n) is 12.1. The van der Waals surface area contributed by atoms with Gasteiger partial charge in [-0.3, -0.25) is 10.1 Å². The van der Waals surface area contributed by atoms with E-state index in [1.807, 2.05) is 26.0 Å². The van der Waals surface area contributed by atoms with Gasteiger partial charge in [0.15, 0.2) is 0 Å². The predicted molar refractivity (Wildman–Crippen MR) is 81.3 cm³/mol. The minimum absolute atomic E-state index is 0.00440. The number of hydrogen-bond acceptors (Lipinski definition) is 5. The molecule has 6 nitrogen and oxygen atoms in total. The maximum absolute atomic E-state index is 10.8. The van der Waals surface area contributed by atoms with E-state index in [4.69, 9.17) is 4.52 Å². The average molecular weight is 295 g/mol. The lowest BCUT2D eigenvalue weighted by atomic mass is 10.1. The summed E-state index contributed by atoms with van der Waals surface area (Å²) in [5.41, 5.74) is 3.58. The first-order valence-corrected chi connectivity index (χ1v) is 6.70. The van der Waals surface area contributed by atoms with Crippen LogP contribution in [0.25, 0.3) is 22.8 Å². The van der Waals surface area contributed by atoms with Gasteiger partial charge in [0.25, 0.3) is 11.6 Å². The molecule has 1 aromatic heterocycles. The molecular formula is C16H13N3O3. The van der Waals surface area contributed by atoms with Gasteiger partial charge in [0, 0.05) is 23.3 Å². The van der Waals surface area contributed by atoms with Crippen LogP contribution in [0.2, 0.25) is 0 Å². The van der Waals surface area contributed by atoms with Gasteiger partial charge in [0.1, 0.15) is 0 Å². The van der Waals surface area contributed by atoms with Crippen molar-refractivity contribution in [3.05, 3.63) is 63.7 Å². The Hall–Kier alpha value is -3.02. The van der Waals surface area contributed by atoms with Gasteiger partial charge >= 0.3 is 0 Å². The molecule has 0 unspecified atom stereocenters. The zero-order chi connectivity index (χ0) is 15.7. The molecule has 1 heterocycles. The van der Waals surface area contributed by atoms with Crippen molar-refractivity contribution in [2.24, 2.45) is 0 Å². The number of nitrogens with zero attached hydrogens (tertiary/aromatic N) is 3. The minimum Gasteiger partial charge on any atom is -0.334 e. The van der Waals surface area contributed by atoms with Gasteiger partial charge in [-0.1, -0.05) is 34.5 Å². The van der Waals surface area contributed by atoms with Crippen LogP contribution in [0.1, 0.15) is 11.1 Å². The maximum Gasteiger partial charge on any atom is 0.270 e. The number of rotatable bonds is 3. The molecule has 110 valence electrons. The van der Waals surface area contributed by atoms with Crippen LogP contribution < -0.4 is 0 Å². The molecule has 0 bridgehead atoms. The molecule has 0 atom stereocenters. The van der Waals surface area contributed by atoms with Crippen molar-refractivity contribution in [2.45, 2.75) is 13.8 Å². The van der Waals surface area contributed by atoms with E-state index in [-0.39, 0.29) is 5.69 Å². The molecule has 0 aliphatic carbocycles. The summed E-state index contributed by atoms with van der Waals surface area (Å²) in [5.74, 6) is 0.728. The summed E-state index contributed by atoms with van der Waals surface area (Å²) in [6.07, 6.45) is 0. The highest BCUT2D eigenvalue weighted by Gasteiger charge is 2.14. The molecule has 0 fully saturated rings. The van der Waals surface area contributed by atoms with Crippen molar-refractivity contribution in [1.29, 1.82) is 0 Å². The number of benzene rings is 2. The third-order valence-electron chi connectivity index (χ3n) is 3.21. The lowest BCUT2D eigenvalue weighted by Gasteiger charge is -1.99. The highest BCUT2D eigenvalue weighted by molar-refractivity contribution is 5.62. The number of nitro benzene ring substituents is 1. The van der Waals surface area contributed by atoms with Crippen LogP contribution in [0, 0.1) is 24.0 Å². The molecule has 0 aliphatic rings. The first-order valence-electron chi connectivity index (χ1n) is 6.70. The molecule has 3 aromatic rings. The van der Waals surface area contributed by atoms with Crippen LogP contribution in [-0.2, 0) is 0 Å². The molecule has 6 heteroatoms. The van der Waals surface area contributed by atoms with E-state index in [0.717, 1.165) is 16.7 Å². The number of aryl methyl sites for hydroxylation is 2. The maximum atomic E-state index is 10.8. The van der Waals surface area contributed by atoms with Crippen molar-refractivity contribution >= 4 is 5.69 Å². The molecule has 0 saturated carbocycles. The zero-order valence-corrected chi connectivity index (χ0v) is 12.1. The summed E-state index contributed by atoms with van der Waals surface area (Å²) in [7, 11) is 0. The quantitative estimate of drug-likeness (QED) is 0.540. The molecule has 3 rings (SSSR count). The SMILES string of the molecule is Cc1cc(C)cc(-c2nc(-c3cccc([N+](=O)[O-])c3)no2)c1. The fourth-order valence-corrected chi connectivity index (χ4v) is 2.31. The predicted octanol–water partition coefficient (Wildman–Crippen LogP) is 3.93. The molecule has 0 saturated heterocycles. The molecule has 0 aliphatic heterocycles. The fraction of sp³-hybridized carbons (Fsp3) is 0.125. The van der Waals surface area contributed by atoms with Crippen LogP contribution in [0.15, 0.2) is 47.0 Å². The van der Waals surface area contributed by atoms with Gasteiger partial charge < -0.3 is 4.52 Å². The van der Waals surface area contributed by atoms with E-state index < -0.39 is 4.92 Å². The Morgan fingerprint density at radius 2 is 1.77 bits per heavy atom. The molecule has 0 radical (unpaired) electrons. The summed E-state index contributed by atoms with van der Waals surface area (Å²) in [5, 5.41) is 14.7. The van der Waals surface area contributed by atoms with Crippen LogP contribution in [0.4, 0.5) is 5.69 Å². The second-order valence-electron chi connectivity index (χ2n) is 5.11. The average Bonchev–Trinajstić information content (AvgIpc) is 2.96. The van der Waals surface area contributed by atoms with E-state index in [2.05, 4.69) is 16.2 Å². The highest BCUT2D eigenvalue weighted by Crippen LogP contribution is 2.25. The lowest BCUT2D eigenvalue weighted by Crippen LogP contribution is -1.89. The van der Waals surface area contributed by atoms with Crippen molar-refractivity contribution in [2.75, 3.05) is 0 Å². The van der Waals surface area contributed by atoms with Crippen LogP contribution >= 0.6 is 0 Å². The van der Waals surface area contributed by atoms with Gasteiger partial charge in [-0.2, -0.15) is 4.98 Å². The largest absolute Gasteiger partial charge is 0.334 e. The summed E-state index contributed by atoms with van der Waals surface area (Å²) in [6.45, 7) is 3.99. The van der Waals surface area contributed by atoms with Crippen molar-refractivity contribution in [3.8, 4) is 22.8 Å². The Labute approximate surface area is 126 Å². The Bertz CT molecular complexity index is 835. The Morgan fingerprint density at radius 1 is 1.05 bits per heavy atom. The second-order valence-corrected chi connectivity index (χ2v) is 5.11. The summed E-state index contributed by atoms with van der Waals surface area (Å²) < 4.78 is 5.28. The molecule has 2 aromatic carbocycles. The molecule has 0 amide bonds. The van der Waals surface area contributed by atoms with E-state index in [9.17, 15) is 10.1 Å². The summed E-state index contributed by atoms with van der Waals surface area (Å²) in [4.78, 5) is 14.7. The second kappa shape index (κ2) is 5.40. The van der Waals surface area contributed by atoms with E-state index in [1.54, 1.807) is 12.1 Å². The monoisotopic (exact) mass is 295 g/mol. The van der Waals surface area contributed by atoms with Crippen molar-refractivity contribution < 1.29 is 9.45 Å². The van der Waals surface area contributed by atoms with Gasteiger partial charge in [0.05, 0.1) is 4.92 Å². The Morgan fingerprint density at radius 3 is 2.45 bits per heavy atom.